The lowest BCUT2D eigenvalue weighted by molar-refractivity contribution is 0.144. The van der Waals surface area contributed by atoms with E-state index in [9.17, 15) is 4.79 Å². The highest BCUT2D eigenvalue weighted by atomic mass is 79.9. The summed E-state index contributed by atoms with van der Waals surface area (Å²) in [5.41, 5.74) is 5.25. The largest absolute Gasteiger partial charge is 0.511 e. The molecule has 0 fully saturated rings. The average Bonchev–Trinajstić information content (AvgIpc) is 2.74. The van der Waals surface area contributed by atoms with E-state index < -0.39 is 6.16 Å². The molecule has 1 N–H and O–H groups in total. The molecule has 0 atom stereocenters. The molecule has 0 bridgehead atoms. The van der Waals surface area contributed by atoms with Crippen LogP contribution < -0.4 is 4.74 Å². The van der Waals surface area contributed by atoms with E-state index in [2.05, 4.69) is 28.1 Å². The summed E-state index contributed by atoms with van der Waals surface area (Å²) in [6, 6.07) is 29.0. The van der Waals surface area contributed by atoms with Gasteiger partial charge in [0.2, 0.25) is 0 Å². The zero-order valence-electron chi connectivity index (χ0n) is 15.2. The number of rotatable bonds is 4. The van der Waals surface area contributed by atoms with Gasteiger partial charge in [-0.05, 0) is 23.3 Å². The standard InChI is InChI=1S/C24H16BrNO3/c25-20-12-10-19(11-13-20)23-15-21(29-24(27)28)14-22(26-23)18-8-6-17(7-9-18)16-4-2-1-3-5-16/h1-15H,(H,27,28). The summed E-state index contributed by atoms with van der Waals surface area (Å²) in [6.45, 7) is 0. The van der Waals surface area contributed by atoms with E-state index in [-0.39, 0.29) is 5.75 Å². The van der Waals surface area contributed by atoms with Crippen molar-refractivity contribution in [2.24, 2.45) is 0 Å². The predicted molar refractivity (Wildman–Crippen MR) is 117 cm³/mol. The summed E-state index contributed by atoms with van der Waals surface area (Å²) in [7, 11) is 0. The summed E-state index contributed by atoms with van der Waals surface area (Å²) in [5.74, 6) is 0.229. The molecular formula is C24H16BrNO3. The first-order chi connectivity index (χ1) is 14.1. The predicted octanol–water partition coefficient (Wildman–Crippen LogP) is 6.90. The van der Waals surface area contributed by atoms with Crippen molar-refractivity contribution in [2.45, 2.75) is 0 Å². The lowest BCUT2D eigenvalue weighted by atomic mass is 10.0. The topological polar surface area (TPSA) is 59.4 Å². The molecule has 1 aromatic heterocycles. The molecule has 0 amide bonds. The van der Waals surface area contributed by atoms with Gasteiger partial charge in [0.1, 0.15) is 5.75 Å². The van der Waals surface area contributed by atoms with Crippen LogP contribution in [0, 0.1) is 0 Å². The van der Waals surface area contributed by atoms with Crippen LogP contribution in [0.4, 0.5) is 4.79 Å². The normalized spacial score (nSPS) is 10.5. The molecule has 5 heteroatoms. The minimum atomic E-state index is -1.36. The molecule has 0 radical (unpaired) electrons. The minimum absolute atomic E-state index is 0.229. The van der Waals surface area contributed by atoms with E-state index in [0.29, 0.717) is 11.4 Å². The van der Waals surface area contributed by atoms with E-state index in [4.69, 9.17) is 14.8 Å². The van der Waals surface area contributed by atoms with Gasteiger partial charge in [-0.3, -0.25) is 0 Å². The van der Waals surface area contributed by atoms with Crippen molar-refractivity contribution in [1.82, 2.24) is 4.98 Å². The first-order valence-electron chi connectivity index (χ1n) is 8.93. The second-order valence-electron chi connectivity index (χ2n) is 6.39. The van der Waals surface area contributed by atoms with Crippen molar-refractivity contribution < 1.29 is 14.6 Å². The van der Waals surface area contributed by atoms with Crippen LogP contribution in [0.25, 0.3) is 33.6 Å². The van der Waals surface area contributed by atoms with Crippen LogP contribution in [0.1, 0.15) is 0 Å². The minimum Gasteiger partial charge on any atom is -0.449 e. The SMILES string of the molecule is O=C(O)Oc1cc(-c2ccc(Br)cc2)nc(-c2ccc(-c3ccccc3)cc2)c1. The fraction of sp³-hybridized carbons (Fsp3) is 0. The van der Waals surface area contributed by atoms with Gasteiger partial charge in [0.05, 0.1) is 11.4 Å². The number of pyridine rings is 1. The number of ether oxygens (including phenoxy) is 1. The van der Waals surface area contributed by atoms with E-state index in [1.807, 2.05) is 66.7 Å². The van der Waals surface area contributed by atoms with Crippen molar-refractivity contribution in [3.8, 4) is 39.4 Å². The number of halogens is 1. The number of aromatic nitrogens is 1. The zero-order chi connectivity index (χ0) is 20.2. The van der Waals surface area contributed by atoms with Crippen LogP contribution in [-0.4, -0.2) is 16.2 Å². The van der Waals surface area contributed by atoms with Crippen molar-refractivity contribution in [3.05, 3.63) is 95.5 Å². The van der Waals surface area contributed by atoms with Gasteiger partial charge >= 0.3 is 6.16 Å². The summed E-state index contributed by atoms with van der Waals surface area (Å²) in [5, 5.41) is 9.04. The molecule has 4 nitrogen and oxygen atoms in total. The highest BCUT2D eigenvalue weighted by Crippen LogP contribution is 2.30. The highest BCUT2D eigenvalue weighted by molar-refractivity contribution is 9.10. The lowest BCUT2D eigenvalue weighted by Gasteiger charge is -2.10. The molecule has 0 aliphatic carbocycles. The van der Waals surface area contributed by atoms with Crippen LogP contribution in [0.3, 0.4) is 0 Å². The van der Waals surface area contributed by atoms with E-state index in [1.54, 1.807) is 12.1 Å². The number of hydrogen-bond donors (Lipinski definition) is 1. The van der Waals surface area contributed by atoms with Gasteiger partial charge < -0.3 is 9.84 Å². The zero-order valence-corrected chi connectivity index (χ0v) is 16.8. The maximum absolute atomic E-state index is 11.1. The summed E-state index contributed by atoms with van der Waals surface area (Å²) >= 11 is 3.42. The first-order valence-corrected chi connectivity index (χ1v) is 9.72. The summed E-state index contributed by atoms with van der Waals surface area (Å²) in [6.07, 6.45) is -1.36. The molecule has 0 saturated carbocycles. The molecule has 142 valence electrons. The van der Waals surface area contributed by atoms with Gasteiger partial charge in [-0.25, -0.2) is 9.78 Å². The Morgan fingerprint density at radius 2 is 1.21 bits per heavy atom. The Morgan fingerprint density at radius 1 is 0.724 bits per heavy atom. The van der Waals surface area contributed by atoms with E-state index in [1.165, 1.54) is 0 Å². The number of carboxylic acid groups (broad SMARTS) is 1. The molecule has 0 spiro atoms. The Hall–Kier alpha value is -3.44. The van der Waals surface area contributed by atoms with Crippen LogP contribution in [0.2, 0.25) is 0 Å². The average molecular weight is 446 g/mol. The lowest BCUT2D eigenvalue weighted by Crippen LogP contribution is -2.04. The van der Waals surface area contributed by atoms with E-state index >= 15 is 0 Å². The van der Waals surface area contributed by atoms with Crippen molar-refractivity contribution in [2.75, 3.05) is 0 Å². The van der Waals surface area contributed by atoms with Crippen LogP contribution in [-0.2, 0) is 0 Å². The Morgan fingerprint density at radius 3 is 1.76 bits per heavy atom. The molecule has 4 rings (SSSR count). The Bertz CT molecular complexity index is 1140. The molecule has 4 aromatic rings. The van der Waals surface area contributed by atoms with Gasteiger partial charge in [-0.1, -0.05) is 82.7 Å². The molecular weight excluding hydrogens is 430 g/mol. The van der Waals surface area contributed by atoms with Crippen molar-refractivity contribution in [1.29, 1.82) is 0 Å². The number of hydrogen-bond acceptors (Lipinski definition) is 3. The fourth-order valence-corrected chi connectivity index (χ4v) is 3.31. The molecule has 3 aromatic carbocycles. The summed E-state index contributed by atoms with van der Waals surface area (Å²) in [4.78, 5) is 15.8. The van der Waals surface area contributed by atoms with Crippen LogP contribution >= 0.6 is 15.9 Å². The number of carbonyl (C=O) groups is 1. The third kappa shape index (κ3) is 4.52. The molecule has 29 heavy (non-hydrogen) atoms. The second-order valence-corrected chi connectivity index (χ2v) is 7.31. The quantitative estimate of drug-likeness (QED) is 0.347. The highest BCUT2D eigenvalue weighted by Gasteiger charge is 2.11. The van der Waals surface area contributed by atoms with Gasteiger partial charge in [-0.2, -0.15) is 0 Å². The number of nitrogens with zero attached hydrogens (tertiary/aromatic N) is 1. The Balaban J connectivity index is 1.75. The second kappa shape index (κ2) is 8.29. The maximum Gasteiger partial charge on any atom is 0.511 e. The first kappa shape index (κ1) is 18.9. The molecule has 0 aliphatic rings. The van der Waals surface area contributed by atoms with Gasteiger partial charge in [-0.15, -0.1) is 0 Å². The Labute approximate surface area is 176 Å². The van der Waals surface area contributed by atoms with Gasteiger partial charge in [0.25, 0.3) is 0 Å². The molecule has 0 aliphatic heterocycles. The maximum atomic E-state index is 11.1. The fourth-order valence-electron chi connectivity index (χ4n) is 3.05. The number of benzene rings is 3. The monoisotopic (exact) mass is 445 g/mol. The smallest absolute Gasteiger partial charge is 0.449 e. The molecule has 0 saturated heterocycles. The van der Waals surface area contributed by atoms with Crippen LogP contribution in [0.5, 0.6) is 5.75 Å². The third-order valence-corrected chi connectivity index (χ3v) is 4.96. The van der Waals surface area contributed by atoms with Crippen molar-refractivity contribution in [3.63, 3.8) is 0 Å². The summed E-state index contributed by atoms with van der Waals surface area (Å²) < 4.78 is 5.88. The molecule has 0 unspecified atom stereocenters. The van der Waals surface area contributed by atoms with Gasteiger partial charge in [0, 0.05) is 27.7 Å². The van der Waals surface area contributed by atoms with Crippen LogP contribution in [0.15, 0.2) is 95.5 Å². The van der Waals surface area contributed by atoms with Gasteiger partial charge in [0.15, 0.2) is 0 Å². The Kier molecular flexibility index (Phi) is 5.40. The van der Waals surface area contributed by atoms with Crippen molar-refractivity contribution >= 4 is 22.1 Å². The van der Waals surface area contributed by atoms with E-state index in [0.717, 1.165) is 26.7 Å². The third-order valence-electron chi connectivity index (χ3n) is 4.43. The molecule has 1 heterocycles.